The number of anilines is 1. The molecule has 1 unspecified atom stereocenters. The second kappa shape index (κ2) is 7.36. The molecule has 0 bridgehead atoms. The zero-order valence-corrected chi connectivity index (χ0v) is 17.0. The van der Waals surface area contributed by atoms with Gasteiger partial charge >= 0.3 is 0 Å². The summed E-state index contributed by atoms with van der Waals surface area (Å²) >= 11 is 1.61. The van der Waals surface area contributed by atoms with E-state index >= 15 is 0 Å². The van der Waals surface area contributed by atoms with Gasteiger partial charge in [-0.25, -0.2) is 0 Å². The highest BCUT2D eigenvalue weighted by molar-refractivity contribution is 7.99. The molecule has 1 N–H and O–H groups in total. The molecule has 0 saturated carbocycles. The Labute approximate surface area is 168 Å². The summed E-state index contributed by atoms with van der Waals surface area (Å²) in [5, 5.41) is 3.90. The van der Waals surface area contributed by atoms with E-state index in [2.05, 4.69) is 5.32 Å². The van der Waals surface area contributed by atoms with Gasteiger partial charge < -0.3 is 14.8 Å². The molecule has 1 aliphatic rings. The minimum atomic E-state index is -0.474. The third-order valence-corrected chi connectivity index (χ3v) is 6.36. The van der Waals surface area contributed by atoms with E-state index in [1.807, 2.05) is 74.1 Å². The average molecular weight is 394 g/mol. The van der Waals surface area contributed by atoms with Crippen molar-refractivity contribution in [1.29, 1.82) is 0 Å². The number of carbonyl (C=O) groups is 2. The van der Waals surface area contributed by atoms with Gasteiger partial charge in [-0.15, -0.1) is 11.8 Å². The molecule has 2 heterocycles. The molecular weight excluding hydrogens is 370 g/mol. The molecule has 0 spiro atoms. The lowest BCUT2D eigenvalue weighted by atomic mass is 10.1. The fourth-order valence-corrected chi connectivity index (χ4v) is 4.73. The number of nitrogens with zero attached hydrogens (tertiary/aromatic N) is 2. The molecule has 1 aromatic heterocycles. The van der Waals surface area contributed by atoms with Crippen LogP contribution in [0.5, 0.6) is 0 Å². The Hall–Kier alpha value is -2.73. The van der Waals surface area contributed by atoms with E-state index in [0.29, 0.717) is 17.2 Å². The number of hydrogen-bond donors (Lipinski definition) is 1. The Morgan fingerprint density at radius 3 is 2.68 bits per heavy atom. The van der Waals surface area contributed by atoms with Crippen molar-refractivity contribution < 1.29 is 9.59 Å². The molecule has 28 heavy (non-hydrogen) atoms. The van der Waals surface area contributed by atoms with E-state index in [-0.39, 0.29) is 11.8 Å². The summed E-state index contributed by atoms with van der Waals surface area (Å²) in [4.78, 5) is 27.8. The average Bonchev–Trinajstić information content (AvgIpc) is 3.30. The van der Waals surface area contributed by atoms with Crippen molar-refractivity contribution in [3.05, 3.63) is 65.4 Å². The van der Waals surface area contributed by atoms with Crippen molar-refractivity contribution >= 4 is 40.2 Å². The normalized spacial score (nSPS) is 16.5. The lowest BCUT2D eigenvalue weighted by Crippen LogP contribution is -2.44. The third-order valence-electron chi connectivity index (χ3n) is 5.35. The van der Waals surface area contributed by atoms with Crippen molar-refractivity contribution in [2.24, 2.45) is 7.05 Å². The lowest BCUT2D eigenvalue weighted by Gasteiger charge is -2.23. The number of aryl methyl sites for hydroxylation is 3. The number of aromatic nitrogens is 1. The molecule has 1 aliphatic heterocycles. The van der Waals surface area contributed by atoms with Crippen molar-refractivity contribution in [1.82, 2.24) is 9.47 Å². The van der Waals surface area contributed by atoms with Crippen LogP contribution in [-0.2, 0) is 11.8 Å². The van der Waals surface area contributed by atoms with Gasteiger partial charge in [-0.3, -0.25) is 9.59 Å². The Morgan fingerprint density at radius 1 is 1.11 bits per heavy atom. The predicted molar refractivity (Wildman–Crippen MR) is 115 cm³/mol. The lowest BCUT2D eigenvalue weighted by molar-refractivity contribution is -0.119. The largest absolute Gasteiger partial charge is 0.350 e. The minimum absolute atomic E-state index is 0.0953. The number of benzene rings is 2. The fraction of sp³-hybridized carbons (Fsp3) is 0.273. The summed E-state index contributed by atoms with van der Waals surface area (Å²) < 4.78 is 1.95. The van der Waals surface area contributed by atoms with Crippen molar-refractivity contribution in [2.75, 3.05) is 16.9 Å². The van der Waals surface area contributed by atoms with Gasteiger partial charge in [0.15, 0.2) is 0 Å². The van der Waals surface area contributed by atoms with Crippen LogP contribution < -0.4 is 5.32 Å². The summed E-state index contributed by atoms with van der Waals surface area (Å²) in [6, 6.07) is 13.2. The summed E-state index contributed by atoms with van der Waals surface area (Å²) in [7, 11) is 1.93. The molecule has 2 amide bonds. The van der Waals surface area contributed by atoms with Crippen molar-refractivity contribution in [3.8, 4) is 0 Å². The Bertz CT molecular complexity index is 1070. The molecule has 3 aromatic rings. The number of carbonyl (C=O) groups excluding carboxylic acids is 2. The first-order chi connectivity index (χ1) is 13.5. The minimum Gasteiger partial charge on any atom is -0.350 e. The molecule has 2 aromatic carbocycles. The molecule has 5 nitrogen and oxygen atoms in total. The van der Waals surface area contributed by atoms with Crippen LogP contribution in [0.25, 0.3) is 10.9 Å². The van der Waals surface area contributed by atoms with Gasteiger partial charge in [0.1, 0.15) is 6.04 Å². The van der Waals surface area contributed by atoms with Gasteiger partial charge in [-0.2, -0.15) is 0 Å². The van der Waals surface area contributed by atoms with Gasteiger partial charge in [0.25, 0.3) is 5.91 Å². The van der Waals surface area contributed by atoms with E-state index in [0.717, 1.165) is 22.2 Å². The first kappa shape index (κ1) is 18.6. The van der Waals surface area contributed by atoms with Gasteiger partial charge in [0.2, 0.25) is 5.91 Å². The molecule has 0 aliphatic carbocycles. The van der Waals surface area contributed by atoms with Crippen LogP contribution in [0.15, 0.2) is 48.7 Å². The molecule has 4 rings (SSSR count). The standard InChI is InChI=1S/C22H23N3O2S/c1-14-8-9-16(10-15(14)2)23-21(26)20-12-28-13-25(20)22(27)18-11-24(3)19-7-5-4-6-17(18)19/h4-11,20H,12-13H2,1-3H3,(H,23,26). The predicted octanol–water partition coefficient (Wildman–Crippen LogP) is 3.95. The van der Waals surface area contributed by atoms with Gasteiger partial charge in [-0.1, -0.05) is 24.3 Å². The number of hydrogen-bond acceptors (Lipinski definition) is 3. The smallest absolute Gasteiger partial charge is 0.257 e. The highest BCUT2D eigenvalue weighted by Gasteiger charge is 2.36. The number of nitrogens with one attached hydrogen (secondary N) is 1. The van der Waals surface area contributed by atoms with E-state index in [4.69, 9.17) is 0 Å². The van der Waals surface area contributed by atoms with E-state index in [9.17, 15) is 9.59 Å². The second-order valence-electron chi connectivity index (χ2n) is 7.25. The molecule has 1 atom stereocenters. The highest BCUT2D eigenvalue weighted by Crippen LogP contribution is 2.28. The van der Waals surface area contributed by atoms with E-state index in [1.165, 1.54) is 5.56 Å². The Balaban J connectivity index is 1.58. The first-order valence-electron chi connectivity index (χ1n) is 9.26. The third kappa shape index (κ3) is 3.29. The van der Waals surface area contributed by atoms with Crippen LogP contribution in [0.2, 0.25) is 0 Å². The topological polar surface area (TPSA) is 54.3 Å². The van der Waals surface area contributed by atoms with Gasteiger partial charge in [0, 0.05) is 35.6 Å². The molecule has 1 saturated heterocycles. The number of fused-ring (bicyclic) bond motifs is 1. The molecule has 0 radical (unpaired) electrons. The summed E-state index contributed by atoms with van der Waals surface area (Å²) in [6.07, 6.45) is 1.86. The van der Waals surface area contributed by atoms with Crippen LogP contribution in [0.4, 0.5) is 5.69 Å². The highest BCUT2D eigenvalue weighted by atomic mass is 32.2. The SMILES string of the molecule is Cc1ccc(NC(=O)C2CSCN2C(=O)c2cn(C)c3ccccc23)cc1C. The molecule has 1 fully saturated rings. The number of amides is 2. The quantitative estimate of drug-likeness (QED) is 0.733. The first-order valence-corrected chi connectivity index (χ1v) is 10.4. The van der Waals surface area contributed by atoms with Crippen LogP contribution in [0, 0.1) is 13.8 Å². The Morgan fingerprint density at radius 2 is 1.89 bits per heavy atom. The second-order valence-corrected chi connectivity index (χ2v) is 8.25. The van der Waals surface area contributed by atoms with Crippen molar-refractivity contribution in [3.63, 3.8) is 0 Å². The monoisotopic (exact) mass is 393 g/mol. The summed E-state index contributed by atoms with van der Waals surface area (Å²) in [5.74, 6) is 0.893. The fourth-order valence-electron chi connectivity index (χ4n) is 3.57. The zero-order chi connectivity index (χ0) is 19.8. The zero-order valence-electron chi connectivity index (χ0n) is 16.2. The molecule has 6 heteroatoms. The van der Waals surface area contributed by atoms with Gasteiger partial charge in [-0.05, 0) is 43.2 Å². The number of rotatable bonds is 3. The maximum atomic E-state index is 13.3. The van der Waals surface area contributed by atoms with E-state index in [1.54, 1.807) is 16.7 Å². The van der Waals surface area contributed by atoms with Crippen LogP contribution in [0.1, 0.15) is 21.5 Å². The maximum Gasteiger partial charge on any atom is 0.257 e. The Kier molecular flexibility index (Phi) is 4.89. The van der Waals surface area contributed by atoms with Crippen molar-refractivity contribution in [2.45, 2.75) is 19.9 Å². The molecule has 144 valence electrons. The summed E-state index contributed by atoms with van der Waals surface area (Å²) in [5.41, 5.74) is 4.73. The van der Waals surface area contributed by atoms with Crippen LogP contribution in [0.3, 0.4) is 0 Å². The maximum absolute atomic E-state index is 13.3. The number of thioether (sulfide) groups is 1. The van der Waals surface area contributed by atoms with Crippen LogP contribution in [-0.4, -0.2) is 39.0 Å². The van der Waals surface area contributed by atoms with Crippen LogP contribution >= 0.6 is 11.8 Å². The van der Waals surface area contributed by atoms with Gasteiger partial charge in [0.05, 0.1) is 11.4 Å². The summed E-state index contributed by atoms with van der Waals surface area (Å²) in [6.45, 7) is 4.06. The van der Waals surface area contributed by atoms with E-state index < -0.39 is 6.04 Å². The molecular formula is C22H23N3O2S. The number of para-hydroxylation sites is 1.